The highest BCUT2D eigenvalue weighted by Gasteiger charge is 2.33. The number of allylic oxidation sites excluding steroid dienone is 1. The number of aromatic nitrogens is 1. The number of carbonyl (C=O) groups is 1. The van der Waals surface area contributed by atoms with Gasteiger partial charge in [0.2, 0.25) is 0 Å². The summed E-state index contributed by atoms with van der Waals surface area (Å²) in [6.07, 6.45) is 1.75. The van der Waals surface area contributed by atoms with Crippen LogP contribution in [0.3, 0.4) is 0 Å². The first kappa shape index (κ1) is 26.8. The van der Waals surface area contributed by atoms with E-state index >= 15 is 0 Å². The Morgan fingerprint density at radius 2 is 1.85 bits per heavy atom. The average molecular weight is 554 g/mol. The molecule has 0 saturated carbocycles. The van der Waals surface area contributed by atoms with Gasteiger partial charge < -0.3 is 9.47 Å². The van der Waals surface area contributed by atoms with Crippen molar-refractivity contribution in [3.05, 3.63) is 132 Å². The number of nitrogens with zero attached hydrogens (tertiary/aromatic N) is 3. The quantitative estimate of drug-likeness (QED) is 0.317. The van der Waals surface area contributed by atoms with Gasteiger partial charge in [0.05, 0.1) is 40.1 Å². The van der Waals surface area contributed by atoms with Gasteiger partial charge in [-0.25, -0.2) is 14.2 Å². The van der Waals surface area contributed by atoms with Crippen LogP contribution in [0.4, 0.5) is 4.39 Å². The van der Waals surface area contributed by atoms with Gasteiger partial charge in [0.25, 0.3) is 5.56 Å². The predicted molar refractivity (Wildman–Crippen MR) is 149 cm³/mol. The van der Waals surface area contributed by atoms with Crippen LogP contribution in [0.1, 0.15) is 42.1 Å². The van der Waals surface area contributed by atoms with Crippen LogP contribution in [0.15, 0.2) is 93.9 Å². The molecule has 4 aromatic rings. The molecule has 5 rings (SSSR count). The van der Waals surface area contributed by atoms with Gasteiger partial charge in [0, 0.05) is 5.56 Å². The molecule has 0 bridgehead atoms. The lowest BCUT2D eigenvalue weighted by Gasteiger charge is -2.24. The molecule has 0 radical (unpaired) electrons. The minimum Gasteiger partial charge on any atom is -0.489 e. The van der Waals surface area contributed by atoms with Crippen LogP contribution in [-0.4, -0.2) is 17.1 Å². The Kier molecular flexibility index (Phi) is 7.71. The Hall–Kier alpha value is -4.81. The molecule has 0 amide bonds. The SMILES string of the molecule is CCOC(=O)C1=C(C)N=c2s/c(=C\c3ccc(OCc4ccccc4C#N)cc3)c(=O)n2[C@@H]1c1ccc(F)cc1. The Morgan fingerprint density at radius 3 is 2.55 bits per heavy atom. The van der Waals surface area contributed by atoms with E-state index in [2.05, 4.69) is 11.1 Å². The van der Waals surface area contributed by atoms with E-state index in [1.165, 1.54) is 28.0 Å². The van der Waals surface area contributed by atoms with E-state index < -0.39 is 17.8 Å². The van der Waals surface area contributed by atoms with E-state index in [0.717, 1.165) is 11.1 Å². The van der Waals surface area contributed by atoms with Crippen molar-refractivity contribution in [2.24, 2.45) is 4.99 Å². The highest BCUT2D eigenvalue weighted by Crippen LogP contribution is 2.30. The molecule has 0 fully saturated rings. The maximum Gasteiger partial charge on any atom is 0.338 e. The van der Waals surface area contributed by atoms with E-state index in [1.54, 1.807) is 50.3 Å². The van der Waals surface area contributed by atoms with E-state index in [4.69, 9.17) is 9.47 Å². The molecule has 0 N–H and O–H groups in total. The van der Waals surface area contributed by atoms with Gasteiger partial charge in [0.15, 0.2) is 4.80 Å². The molecule has 1 aromatic heterocycles. The molecule has 0 spiro atoms. The molecular formula is C31H24FN3O4S. The maximum atomic E-state index is 13.7. The van der Waals surface area contributed by atoms with Crippen LogP contribution in [-0.2, 0) is 16.1 Å². The minimum absolute atomic E-state index is 0.167. The molecule has 0 unspecified atom stereocenters. The number of carbonyl (C=O) groups excluding carboxylic acids is 1. The number of rotatable bonds is 7. The zero-order valence-corrected chi connectivity index (χ0v) is 22.6. The summed E-state index contributed by atoms with van der Waals surface area (Å²) in [4.78, 5) is 31.6. The molecule has 2 heterocycles. The molecule has 0 saturated heterocycles. The summed E-state index contributed by atoms with van der Waals surface area (Å²) in [6.45, 7) is 3.83. The Bertz CT molecular complexity index is 1830. The fraction of sp³-hybridized carbons (Fsp3) is 0.161. The molecule has 7 nitrogen and oxygen atoms in total. The average Bonchev–Trinajstić information content (AvgIpc) is 3.26. The minimum atomic E-state index is -0.801. The van der Waals surface area contributed by atoms with Crippen molar-refractivity contribution in [2.75, 3.05) is 6.61 Å². The van der Waals surface area contributed by atoms with Gasteiger partial charge >= 0.3 is 5.97 Å². The lowest BCUT2D eigenvalue weighted by molar-refractivity contribution is -0.139. The molecule has 1 atom stereocenters. The van der Waals surface area contributed by atoms with Crippen molar-refractivity contribution in [3.8, 4) is 11.8 Å². The molecule has 200 valence electrons. The zero-order valence-electron chi connectivity index (χ0n) is 21.8. The number of nitriles is 1. The van der Waals surface area contributed by atoms with Gasteiger partial charge in [-0.1, -0.05) is 53.8 Å². The first-order valence-corrected chi connectivity index (χ1v) is 13.4. The van der Waals surface area contributed by atoms with Gasteiger partial charge in [-0.05, 0) is 61.4 Å². The number of benzene rings is 3. The lowest BCUT2D eigenvalue weighted by Crippen LogP contribution is -2.39. The number of halogens is 1. The largest absolute Gasteiger partial charge is 0.489 e. The second kappa shape index (κ2) is 11.5. The van der Waals surface area contributed by atoms with Crippen LogP contribution in [0.25, 0.3) is 6.08 Å². The number of thiazole rings is 1. The third kappa shape index (κ3) is 5.35. The van der Waals surface area contributed by atoms with E-state index in [9.17, 15) is 19.2 Å². The monoisotopic (exact) mass is 553 g/mol. The molecule has 0 aliphatic carbocycles. The molecule has 3 aromatic carbocycles. The second-order valence-electron chi connectivity index (χ2n) is 8.98. The summed E-state index contributed by atoms with van der Waals surface area (Å²) < 4.78 is 26.7. The summed E-state index contributed by atoms with van der Waals surface area (Å²) in [6, 6.07) is 21.6. The Balaban J connectivity index is 1.49. The number of ether oxygens (including phenoxy) is 2. The Morgan fingerprint density at radius 1 is 1.12 bits per heavy atom. The zero-order chi connectivity index (χ0) is 28.2. The molecule has 1 aliphatic heterocycles. The van der Waals surface area contributed by atoms with Crippen molar-refractivity contribution in [2.45, 2.75) is 26.5 Å². The standard InChI is InChI=1S/C31H24FN3O4S/c1-3-38-30(37)27-19(2)34-31-35(28(27)21-10-12-24(32)13-11-21)29(36)26(40-31)16-20-8-14-25(15-9-20)39-18-23-7-5-4-6-22(23)17-33/h4-16,28H,3,18H2,1-2H3/b26-16-/t28-/m1/s1. The number of esters is 1. The number of fused-ring (bicyclic) bond motifs is 1. The molecule has 40 heavy (non-hydrogen) atoms. The first-order valence-electron chi connectivity index (χ1n) is 12.6. The highest BCUT2D eigenvalue weighted by atomic mass is 32.1. The summed E-state index contributed by atoms with van der Waals surface area (Å²) in [5.74, 6) is -0.367. The smallest absolute Gasteiger partial charge is 0.338 e. The third-order valence-electron chi connectivity index (χ3n) is 6.41. The molecule has 1 aliphatic rings. The summed E-state index contributed by atoms with van der Waals surface area (Å²) in [5.41, 5.74) is 3.08. The van der Waals surface area contributed by atoms with Gasteiger partial charge in [-0.2, -0.15) is 5.26 Å². The van der Waals surface area contributed by atoms with Crippen LogP contribution in [0.2, 0.25) is 0 Å². The van der Waals surface area contributed by atoms with Gasteiger partial charge in [-0.15, -0.1) is 0 Å². The molecule has 9 heteroatoms. The summed E-state index contributed by atoms with van der Waals surface area (Å²) >= 11 is 1.21. The highest BCUT2D eigenvalue weighted by molar-refractivity contribution is 7.07. The molecular weight excluding hydrogens is 529 g/mol. The third-order valence-corrected chi connectivity index (χ3v) is 7.40. The van der Waals surface area contributed by atoms with Crippen LogP contribution < -0.4 is 19.6 Å². The first-order chi connectivity index (χ1) is 19.4. The summed E-state index contributed by atoms with van der Waals surface area (Å²) in [5, 5.41) is 9.26. The normalized spacial score (nSPS) is 14.8. The van der Waals surface area contributed by atoms with Crippen molar-refractivity contribution in [1.82, 2.24) is 4.57 Å². The summed E-state index contributed by atoms with van der Waals surface area (Å²) in [7, 11) is 0. The van der Waals surface area contributed by atoms with E-state index in [0.29, 0.717) is 31.9 Å². The van der Waals surface area contributed by atoms with Gasteiger partial charge in [-0.3, -0.25) is 9.36 Å². The van der Waals surface area contributed by atoms with Crippen LogP contribution in [0.5, 0.6) is 5.75 Å². The van der Waals surface area contributed by atoms with E-state index in [1.807, 2.05) is 30.3 Å². The number of hydrogen-bond acceptors (Lipinski definition) is 7. The fourth-order valence-electron chi connectivity index (χ4n) is 4.48. The van der Waals surface area contributed by atoms with Crippen molar-refractivity contribution in [1.29, 1.82) is 5.26 Å². The van der Waals surface area contributed by atoms with Crippen LogP contribution >= 0.6 is 11.3 Å². The van der Waals surface area contributed by atoms with Crippen molar-refractivity contribution in [3.63, 3.8) is 0 Å². The predicted octanol–water partition coefficient (Wildman–Crippen LogP) is 4.39. The van der Waals surface area contributed by atoms with Crippen molar-refractivity contribution >= 4 is 23.4 Å². The second-order valence-corrected chi connectivity index (χ2v) is 9.99. The maximum absolute atomic E-state index is 13.7. The topological polar surface area (TPSA) is 93.7 Å². The van der Waals surface area contributed by atoms with Crippen LogP contribution in [0, 0.1) is 17.1 Å². The van der Waals surface area contributed by atoms with Gasteiger partial charge in [0.1, 0.15) is 18.2 Å². The Labute approximate surface area is 233 Å². The van der Waals surface area contributed by atoms with Crippen molar-refractivity contribution < 1.29 is 18.7 Å². The number of hydrogen-bond donors (Lipinski definition) is 0. The lowest BCUT2D eigenvalue weighted by atomic mass is 9.96. The van der Waals surface area contributed by atoms with E-state index in [-0.39, 0.29) is 24.3 Å². The fourth-order valence-corrected chi connectivity index (χ4v) is 5.53.